The monoisotopic (exact) mass is 218 g/mol. The van der Waals surface area contributed by atoms with Crippen LogP contribution in [0, 0.1) is 0 Å². The van der Waals surface area contributed by atoms with Gasteiger partial charge in [-0.15, -0.1) is 5.10 Å². The van der Waals surface area contributed by atoms with E-state index in [9.17, 15) is 0 Å². The van der Waals surface area contributed by atoms with Crippen molar-refractivity contribution < 1.29 is 4.74 Å². The Morgan fingerprint density at radius 1 is 1.27 bits per heavy atom. The molecule has 0 aliphatic carbocycles. The van der Waals surface area contributed by atoms with Gasteiger partial charge in [0.2, 0.25) is 0 Å². The lowest BCUT2D eigenvalue weighted by Gasteiger charge is -2.30. The van der Waals surface area contributed by atoms with E-state index < -0.39 is 0 Å². The van der Waals surface area contributed by atoms with Gasteiger partial charge in [-0.1, -0.05) is 16.6 Å². The first-order valence-corrected chi connectivity index (χ1v) is 5.57. The molecule has 1 aliphatic rings. The van der Waals surface area contributed by atoms with Gasteiger partial charge in [0.15, 0.2) is 0 Å². The molecule has 2 heterocycles. The van der Waals surface area contributed by atoms with E-state index in [1.807, 2.05) is 38.1 Å². The summed E-state index contributed by atoms with van der Waals surface area (Å²) in [6.45, 7) is 4.09. The third kappa shape index (κ3) is 1.18. The Hall–Kier alpha value is -1.42. The first kappa shape index (κ1) is 8.85. The van der Waals surface area contributed by atoms with Crippen molar-refractivity contribution >= 4 is 11.5 Å². The van der Waals surface area contributed by atoms with Crippen molar-refractivity contribution in [2.45, 2.75) is 19.4 Å². The van der Waals surface area contributed by atoms with E-state index in [2.05, 4.69) is 9.59 Å². The van der Waals surface area contributed by atoms with Crippen LogP contribution in [0.4, 0.5) is 0 Å². The Kier molecular flexibility index (Phi) is 1.65. The van der Waals surface area contributed by atoms with Crippen molar-refractivity contribution in [1.29, 1.82) is 0 Å². The Labute approximate surface area is 91.9 Å². The molecule has 0 bridgehead atoms. The van der Waals surface area contributed by atoms with Crippen molar-refractivity contribution in [3.63, 3.8) is 0 Å². The lowest BCUT2D eigenvalue weighted by atomic mass is 9.97. The van der Waals surface area contributed by atoms with E-state index in [0.29, 0.717) is 0 Å². The summed E-state index contributed by atoms with van der Waals surface area (Å²) < 4.78 is 9.94. The van der Waals surface area contributed by atoms with Crippen molar-refractivity contribution in [1.82, 2.24) is 9.59 Å². The number of para-hydroxylation sites is 1. The normalized spacial score (nSPS) is 16.4. The number of rotatable bonds is 0. The zero-order valence-corrected chi connectivity index (χ0v) is 9.34. The van der Waals surface area contributed by atoms with Gasteiger partial charge >= 0.3 is 0 Å². The third-order valence-corrected chi connectivity index (χ3v) is 3.57. The summed E-state index contributed by atoms with van der Waals surface area (Å²) in [6, 6.07) is 7.95. The molecule has 0 unspecified atom stereocenters. The molecule has 0 atom stereocenters. The minimum atomic E-state index is -0.322. The molecule has 1 aliphatic heterocycles. The molecule has 0 fully saturated rings. The molecular formula is C11H10N2OS. The van der Waals surface area contributed by atoms with Crippen molar-refractivity contribution in [2.75, 3.05) is 0 Å². The van der Waals surface area contributed by atoms with E-state index in [4.69, 9.17) is 4.74 Å². The van der Waals surface area contributed by atoms with Crippen molar-refractivity contribution in [2.24, 2.45) is 0 Å². The number of hydrogen-bond donors (Lipinski definition) is 0. The maximum Gasteiger partial charge on any atom is 0.141 e. The Morgan fingerprint density at radius 2 is 2.07 bits per heavy atom. The highest BCUT2D eigenvalue weighted by molar-refractivity contribution is 7.06. The molecule has 76 valence electrons. The molecule has 3 nitrogen and oxygen atoms in total. The summed E-state index contributed by atoms with van der Waals surface area (Å²) in [7, 11) is 0. The zero-order valence-electron chi connectivity index (χ0n) is 8.52. The van der Waals surface area contributed by atoms with Crippen LogP contribution in [-0.2, 0) is 5.60 Å². The molecule has 1 aromatic carbocycles. The molecule has 0 N–H and O–H groups in total. The largest absolute Gasteiger partial charge is 0.481 e. The molecule has 4 heteroatoms. The second-order valence-corrected chi connectivity index (χ2v) is 4.81. The van der Waals surface area contributed by atoms with E-state index >= 15 is 0 Å². The third-order valence-electron chi connectivity index (χ3n) is 2.54. The van der Waals surface area contributed by atoms with Gasteiger partial charge in [-0.05, 0) is 37.5 Å². The standard InChI is InChI=1S/C11H10N2OS/c1-11(2)10-9(12-13-15-10)7-5-3-4-6-8(7)14-11/h3-6H,1-2H3. The van der Waals surface area contributed by atoms with Crippen LogP contribution < -0.4 is 4.74 Å². The number of hydrogen-bond acceptors (Lipinski definition) is 4. The topological polar surface area (TPSA) is 35.0 Å². The van der Waals surface area contributed by atoms with E-state index in [-0.39, 0.29) is 5.60 Å². The first-order chi connectivity index (χ1) is 7.18. The summed E-state index contributed by atoms with van der Waals surface area (Å²) in [5, 5.41) is 4.18. The molecule has 2 aromatic rings. The SMILES string of the molecule is CC1(C)Oc2ccccc2-c2nnsc21. The number of nitrogens with zero attached hydrogens (tertiary/aromatic N) is 2. The van der Waals surface area contributed by atoms with Gasteiger partial charge in [0.05, 0.1) is 4.88 Å². The molecule has 0 saturated carbocycles. The zero-order chi connectivity index (χ0) is 10.5. The minimum absolute atomic E-state index is 0.322. The highest BCUT2D eigenvalue weighted by Gasteiger charge is 2.35. The van der Waals surface area contributed by atoms with Crippen LogP contribution in [0.5, 0.6) is 5.75 Å². The number of fused-ring (bicyclic) bond motifs is 3. The summed E-state index contributed by atoms with van der Waals surface area (Å²) in [5.41, 5.74) is 1.69. The van der Waals surface area contributed by atoms with E-state index in [0.717, 1.165) is 21.9 Å². The Bertz CT molecular complexity index is 519. The van der Waals surface area contributed by atoms with Gasteiger partial charge in [-0.3, -0.25) is 0 Å². The Morgan fingerprint density at radius 3 is 2.93 bits per heavy atom. The van der Waals surface area contributed by atoms with Crippen LogP contribution >= 0.6 is 11.5 Å². The van der Waals surface area contributed by atoms with Crippen LogP contribution in [0.3, 0.4) is 0 Å². The summed E-state index contributed by atoms with van der Waals surface area (Å²) in [5.74, 6) is 0.891. The highest BCUT2D eigenvalue weighted by Crippen LogP contribution is 2.44. The fraction of sp³-hybridized carbons (Fsp3) is 0.273. The van der Waals surface area contributed by atoms with Crippen LogP contribution in [0.25, 0.3) is 11.3 Å². The van der Waals surface area contributed by atoms with Gasteiger partial charge in [0, 0.05) is 5.56 Å². The second kappa shape index (κ2) is 2.79. The van der Waals surface area contributed by atoms with Gasteiger partial charge in [0.1, 0.15) is 17.0 Å². The molecule has 0 spiro atoms. The van der Waals surface area contributed by atoms with Gasteiger partial charge in [-0.25, -0.2) is 0 Å². The van der Waals surface area contributed by atoms with Crippen LogP contribution in [-0.4, -0.2) is 9.59 Å². The predicted octanol–water partition coefficient (Wildman–Crippen LogP) is 2.83. The molecular weight excluding hydrogens is 208 g/mol. The quantitative estimate of drug-likeness (QED) is 0.682. The summed E-state index contributed by atoms with van der Waals surface area (Å²) >= 11 is 1.41. The van der Waals surface area contributed by atoms with Crippen LogP contribution in [0.15, 0.2) is 24.3 Å². The fourth-order valence-corrected chi connectivity index (χ4v) is 2.54. The number of benzene rings is 1. The highest BCUT2D eigenvalue weighted by atomic mass is 32.1. The van der Waals surface area contributed by atoms with Gasteiger partial charge in [0.25, 0.3) is 0 Å². The summed E-state index contributed by atoms with van der Waals surface area (Å²) in [6.07, 6.45) is 0. The second-order valence-electron chi connectivity index (χ2n) is 4.06. The average Bonchev–Trinajstić information content (AvgIpc) is 2.66. The summed E-state index contributed by atoms with van der Waals surface area (Å²) in [4.78, 5) is 1.10. The lowest BCUT2D eigenvalue weighted by Crippen LogP contribution is -2.27. The lowest BCUT2D eigenvalue weighted by molar-refractivity contribution is 0.109. The fourth-order valence-electron chi connectivity index (χ4n) is 1.83. The van der Waals surface area contributed by atoms with Gasteiger partial charge < -0.3 is 4.74 Å². The maximum atomic E-state index is 5.93. The van der Waals surface area contributed by atoms with Crippen molar-refractivity contribution in [3.8, 4) is 17.0 Å². The molecule has 0 amide bonds. The molecule has 15 heavy (non-hydrogen) atoms. The van der Waals surface area contributed by atoms with E-state index in [1.165, 1.54) is 11.5 Å². The molecule has 1 aromatic heterocycles. The minimum Gasteiger partial charge on any atom is -0.481 e. The smallest absolute Gasteiger partial charge is 0.141 e. The number of aromatic nitrogens is 2. The number of ether oxygens (including phenoxy) is 1. The first-order valence-electron chi connectivity index (χ1n) is 4.80. The molecule has 3 rings (SSSR count). The molecule has 0 radical (unpaired) electrons. The van der Waals surface area contributed by atoms with Gasteiger partial charge in [-0.2, -0.15) is 0 Å². The Balaban J connectivity index is 2.32. The maximum absolute atomic E-state index is 5.93. The average molecular weight is 218 g/mol. The van der Waals surface area contributed by atoms with Crippen LogP contribution in [0.1, 0.15) is 18.7 Å². The predicted molar refractivity (Wildman–Crippen MR) is 59.0 cm³/mol. The van der Waals surface area contributed by atoms with Crippen LogP contribution in [0.2, 0.25) is 0 Å². The van der Waals surface area contributed by atoms with E-state index in [1.54, 1.807) is 0 Å². The molecule has 0 saturated heterocycles. The van der Waals surface area contributed by atoms with Crippen molar-refractivity contribution in [3.05, 3.63) is 29.1 Å².